The number of rotatable bonds is 5. The van der Waals surface area contributed by atoms with Gasteiger partial charge in [-0.05, 0) is 26.0 Å². The third-order valence-electron chi connectivity index (χ3n) is 2.52. The normalized spacial score (nSPS) is 10.0. The number of nitrogens with zero attached hydrogens (tertiary/aromatic N) is 1. The fourth-order valence-corrected chi connectivity index (χ4v) is 1.58. The van der Waals surface area contributed by atoms with Crippen LogP contribution in [0.2, 0.25) is 0 Å². The molecule has 0 spiro atoms. The predicted molar refractivity (Wildman–Crippen MR) is 66.1 cm³/mol. The van der Waals surface area contributed by atoms with Crippen LogP contribution in [0.4, 0.5) is 5.69 Å². The number of hydrogen-bond acceptors (Lipinski definition) is 2. The first-order valence-corrected chi connectivity index (χ1v) is 5.63. The summed E-state index contributed by atoms with van der Waals surface area (Å²) < 4.78 is 0. The van der Waals surface area contributed by atoms with E-state index in [-0.39, 0.29) is 18.7 Å². The molecule has 4 nitrogen and oxygen atoms in total. The lowest BCUT2D eigenvalue weighted by Gasteiger charge is -2.20. The molecule has 0 aliphatic rings. The Kier molecular flexibility index (Phi) is 4.69. The molecule has 17 heavy (non-hydrogen) atoms. The van der Waals surface area contributed by atoms with Crippen LogP contribution in [0.3, 0.4) is 0 Å². The molecule has 4 heteroatoms. The largest absolute Gasteiger partial charge is 0.481 e. The van der Waals surface area contributed by atoms with Crippen molar-refractivity contribution >= 4 is 17.6 Å². The molecular weight excluding hydrogens is 218 g/mol. The molecule has 1 aromatic carbocycles. The van der Waals surface area contributed by atoms with Crippen LogP contribution in [0.5, 0.6) is 0 Å². The summed E-state index contributed by atoms with van der Waals surface area (Å²) in [6.07, 6.45) is -0.0851. The van der Waals surface area contributed by atoms with Crippen molar-refractivity contribution in [2.24, 2.45) is 0 Å². The molecule has 0 aliphatic heterocycles. The lowest BCUT2D eigenvalue weighted by molar-refractivity contribution is -0.138. The third-order valence-corrected chi connectivity index (χ3v) is 2.52. The minimum Gasteiger partial charge on any atom is -0.481 e. The second kappa shape index (κ2) is 6.03. The molecular formula is C13H17NO3. The van der Waals surface area contributed by atoms with E-state index in [2.05, 4.69) is 0 Å². The van der Waals surface area contributed by atoms with Gasteiger partial charge >= 0.3 is 5.97 Å². The van der Waals surface area contributed by atoms with Gasteiger partial charge in [0.15, 0.2) is 0 Å². The molecule has 0 saturated heterocycles. The predicted octanol–water partition coefficient (Wildman–Crippen LogP) is 2.21. The monoisotopic (exact) mass is 235 g/mol. The van der Waals surface area contributed by atoms with E-state index in [1.54, 1.807) is 4.90 Å². The van der Waals surface area contributed by atoms with Crippen LogP contribution in [-0.2, 0) is 9.59 Å². The highest BCUT2D eigenvalue weighted by molar-refractivity contribution is 5.94. The quantitative estimate of drug-likeness (QED) is 0.851. The minimum atomic E-state index is -0.946. The molecule has 1 rings (SSSR count). The van der Waals surface area contributed by atoms with Crippen molar-refractivity contribution < 1.29 is 14.7 Å². The first-order valence-electron chi connectivity index (χ1n) is 5.63. The lowest BCUT2D eigenvalue weighted by atomic mass is 10.2. The Hall–Kier alpha value is -1.84. The number of anilines is 1. The molecule has 0 atom stereocenters. The van der Waals surface area contributed by atoms with E-state index in [4.69, 9.17) is 5.11 Å². The van der Waals surface area contributed by atoms with Gasteiger partial charge in [0.1, 0.15) is 0 Å². The van der Waals surface area contributed by atoms with Gasteiger partial charge in [-0.1, -0.05) is 17.7 Å². The molecule has 1 amide bonds. The Bertz CT molecular complexity index is 398. The van der Waals surface area contributed by atoms with Crippen molar-refractivity contribution in [3.63, 3.8) is 0 Å². The van der Waals surface area contributed by atoms with E-state index < -0.39 is 5.97 Å². The zero-order valence-electron chi connectivity index (χ0n) is 10.1. The van der Waals surface area contributed by atoms with E-state index in [1.165, 1.54) is 0 Å². The van der Waals surface area contributed by atoms with Gasteiger partial charge in [-0.25, -0.2) is 0 Å². The molecule has 0 fully saturated rings. The second-order valence-electron chi connectivity index (χ2n) is 3.87. The Morgan fingerprint density at radius 3 is 2.24 bits per heavy atom. The summed E-state index contributed by atoms with van der Waals surface area (Å²) in [4.78, 5) is 23.9. The lowest BCUT2D eigenvalue weighted by Crippen LogP contribution is -2.30. The van der Waals surface area contributed by atoms with Gasteiger partial charge in [-0.2, -0.15) is 0 Å². The molecule has 1 N–H and O–H groups in total. The number of carbonyl (C=O) groups excluding carboxylic acids is 1. The average Bonchev–Trinajstić information content (AvgIpc) is 2.30. The number of carboxylic acids is 1. The van der Waals surface area contributed by atoms with Crippen molar-refractivity contribution in [2.75, 3.05) is 11.4 Å². The van der Waals surface area contributed by atoms with Crippen molar-refractivity contribution in [1.29, 1.82) is 0 Å². The number of benzene rings is 1. The van der Waals surface area contributed by atoms with E-state index in [1.807, 2.05) is 38.1 Å². The SMILES string of the molecule is CCN(C(=O)CCC(=O)O)c1ccc(C)cc1. The van der Waals surface area contributed by atoms with Crippen LogP contribution in [0.15, 0.2) is 24.3 Å². The second-order valence-corrected chi connectivity index (χ2v) is 3.87. The third kappa shape index (κ3) is 3.90. The Morgan fingerprint density at radius 2 is 1.76 bits per heavy atom. The highest BCUT2D eigenvalue weighted by atomic mass is 16.4. The van der Waals surface area contributed by atoms with Crippen molar-refractivity contribution in [3.8, 4) is 0 Å². The summed E-state index contributed by atoms with van der Waals surface area (Å²) in [5.74, 6) is -1.10. The fraction of sp³-hybridized carbons (Fsp3) is 0.385. The number of aryl methyl sites for hydroxylation is 1. The maximum Gasteiger partial charge on any atom is 0.303 e. The first kappa shape index (κ1) is 13.2. The zero-order valence-corrected chi connectivity index (χ0v) is 10.1. The smallest absolute Gasteiger partial charge is 0.303 e. The highest BCUT2D eigenvalue weighted by Gasteiger charge is 2.14. The maximum atomic E-state index is 11.8. The van der Waals surface area contributed by atoms with Crippen molar-refractivity contribution in [2.45, 2.75) is 26.7 Å². The average molecular weight is 235 g/mol. The van der Waals surface area contributed by atoms with Crippen LogP contribution in [0.1, 0.15) is 25.3 Å². The van der Waals surface area contributed by atoms with Gasteiger partial charge in [0, 0.05) is 18.7 Å². The van der Waals surface area contributed by atoms with E-state index in [0.29, 0.717) is 6.54 Å². The van der Waals surface area contributed by atoms with Crippen LogP contribution in [0, 0.1) is 6.92 Å². The number of amides is 1. The van der Waals surface area contributed by atoms with Gasteiger partial charge in [0.25, 0.3) is 0 Å². The fourth-order valence-electron chi connectivity index (χ4n) is 1.58. The summed E-state index contributed by atoms with van der Waals surface area (Å²) in [6.45, 7) is 4.40. The van der Waals surface area contributed by atoms with Gasteiger partial charge in [0.2, 0.25) is 5.91 Å². The molecule has 92 valence electrons. The summed E-state index contributed by atoms with van der Waals surface area (Å²) in [5, 5.41) is 8.55. The first-order chi connectivity index (χ1) is 8.04. The molecule has 0 unspecified atom stereocenters. The molecule has 0 saturated carbocycles. The molecule has 0 bridgehead atoms. The Balaban J connectivity index is 2.73. The van der Waals surface area contributed by atoms with Gasteiger partial charge < -0.3 is 10.0 Å². The number of carboxylic acid groups (broad SMARTS) is 1. The Labute approximate surface area is 101 Å². The van der Waals surface area contributed by atoms with E-state index in [0.717, 1.165) is 11.3 Å². The molecule has 0 aliphatic carbocycles. The van der Waals surface area contributed by atoms with Crippen LogP contribution in [-0.4, -0.2) is 23.5 Å². The van der Waals surface area contributed by atoms with Crippen molar-refractivity contribution in [1.82, 2.24) is 0 Å². The Morgan fingerprint density at radius 1 is 1.18 bits per heavy atom. The van der Waals surface area contributed by atoms with Gasteiger partial charge in [-0.15, -0.1) is 0 Å². The summed E-state index contributed by atoms with van der Waals surface area (Å²) in [5.41, 5.74) is 1.94. The van der Waals surface area contributed by atoms with Gasteiger partial charge in [-0.3, -0.25) is 9.59 Å². The maximum absolute atomic E-state index is 11.8. The minimum absolute atomic E-state index is 0.0387. The molecule has 0 heterocycles. The highest BCUT2D eigenvalue weighted by Crippen LogP contribution is 2.16. The van der Waals surface area contributed by atoms with E-state index >= 15 is 0 Å². The van der Waals surface area contributed by atoms with Crippen LogP contribution in [0.25, 0.3) is 0 Å². The molecule has 0 aromatic heterocycles. The van der Waals surface area contributed by atoms with Gasteiger partial charge in [0.05, 0.1) is 6.42 Å². The summed E-state index contributed by atoms with van der Waals surface area (Å²) in [6, 6.07) is 7.61. The van der Waals surface area contributed by atoms with Crippen LogP contribution < -0.4 is 4.90 Å². The van der Waals surface area contributed by atoms with Crippen LogP contribution >= 0.6 is 0 Å². The summed E-state index contributed by atoms with van der Waals surface area (Å²) >= 11 is 0. The number of carbonyl (C=O) groups is 2. The number of aliphatic carboxylic acids is 1. The number of hydrogen-bond donors (Lipinski definition) is 1. The molecule has 1 aromatic rings. The van der Waals surface area contributed by atoms with Crippen molar-refractivity contribution in [3.05, 3.63) is 29.8 Å². The standard InChI is InChI=1S/C13H17NO3/c1-3-14(12(15)8-9-13(16)17)11-6-4-10(2)5-7-11/h4-7H,3,8-9H2,1-2H3,(H,16,17). The summed E-state index contributed by atoms with van der Waals surface area (Å²) in [7, 11) is 0. The topological polar surface area (TPSA) is 57.6 Å². The van der Waals surface area contributed by atoms with E-state index in [9.17, 15) is 9.59 Å². The molecule has 0 radical (unpaired) electrons. The zero-order chi connectivity index (χ0) is 12.8.